The van der Waals surface area contributed by atoms with Gasteiger partial charge in [-0.1, -0.05) is 0 Å². The van der Waals surface area contributed by atoms with Crippen molar-refractivity contribution >= 4 is 24.4 Å². The van der Waals surface area contributed by atoms with E-state index < -0.39 is 0 Å². The van der Waals surface area contributed by atoms with E-state index in [1.54, 1.807) is 13.3 Å². The average molecular weight is 391 g/mol. The van der Waals surface area contributed by atoms with E-state index in [1.165, 1.54) is 0 Å². The van der Waals surface area contributed by atoms with Crippen LogP contribution in [-0.2, 0) is 11.8 Å². The third-order valence-corrected chi connectivity index (χ3v) is 4.87. The fourth-order valence-corrected chi connectivity index (χ4v) is 3.47. The van der Waals surface area contributed by atoms with Crippen LogP contribution in [0.2, 0.25) is 0 Å². The summed E-state index contributed by atoms with van der Waals surface area (Å²) in [5.41, 5.74) is 1.51. The number of fused-ring (bicyclic) bond motifs is 1. The molecule has 8 heteroatoms. The van der Waals surface area contributed by atoms with Crippen molar-refractivity contribution in [2.24, 2.45) is 7.05 Å². The van der Waals surface area contributed by atoms with Gasteiger partial charge in [-0.25, -0.2) is 4.98 Å². The van der Waals surface area contributed by atoms with Crippen LogP contribution in [0.25, 0.3) is 6.08 Å². The zero-order chi connectivity index (χ0) is 18.1. The molecule has 2 aliphatic heterocycles. The average Bonchev–Trinajstić information content (AvgIpc) is 3.12. The van der Waals surface area contributed by atoms with Gasteiger partial charge in [-0.05, 0) is 24.3 Å². The van der Waals surface area contributed by atoms with Crippen LogP contribution in [0.15, 0.2) is 36.2 Å². The predicted octanol–water partition coefficient (Wildman–Crippen LogP) is 1.80. The molecule has 1 atom stereocenters. The fourth-order valence-electron chi connectivity index (χ4n) is 3.47. The van der Waals surface area contributed by atoms with E-state index in [-0.39, 0.29) is 31.0 Å². The molecule has 1 unspecified atom stereocenters. The Labute approximate surface area is 164 Å². The highest BCUT2D eigenvalue weighted by Gasteiger charge is 2.33. The maximum Gasteiger partial charge on any atom is 0.253 e. The van der Waals surface area contributed by atoms with Gasteiger partial charge in [0.1, 0.15) is 30.0 Å². The quantitative estimate of drug-likeness (QED) is 0.865. The van der Waals surface area contributed by atoms with Gasteiger partial charge in [0.05, 0.1) is 12.7 Å². The summed E-state index contributed by atoms with van der Waals surface area (Å²) in [6.07, 6.45) is 5.57. The summed E-state index contributed by atoms with van der Waals surface area (Å²) in [7, 11) is 3.57. The Balaban J connectivity index is 0.00000210. The molecule has 0 bridgehead atoms. The van der Waals surface area contributed by atoms with Crippen molar-refractivity contribution in [2.45, 2.75) is 6.04 Å². The number of carbonyl (C=O) groups is 1. The lowest BCUT2D eigenvalue weighted by molar-refractivity contribution is -0.130. The molecule has 1 fully saturated rings. The highest BCUT2D eigenvalue weighted by Crippen LogP contribution is 2.31. The summed E-state index contributed by atoms with van der Waals surface area (Å²) >= 11 is 0. The number of amides is 1. The van der Waals surface area contributed by atoms with Gasteiger partial charge in [0.15, 0.2) is 0 Å². The number of carbonyl (C=O) groups excluding carboxylic acids is 1. The molecule has 1 N–H and O–H groups in total. The van der Waals surface area contributed by atoms with Crippen LogP contribution in [0.5, 0.6) is 11.5 Å². The van der Waals surface area contributed by atoms with Crippen molar-refractivity contribution in [3.63, 3.8) is 0 Å². The SMILES string of the molecule is COc1ccc2c(c1)C=C(C(=O)N1CCNCC1c1nccn1C)CO2.Cl. The van der Waals surface area contributed by atoms with Gasteiger partial charge in [-0.2, -0.15) is 0 Å². The molecule has 2 aliphatic rings. The molecule has 1 amide bonds. The van der Waals surface area contributed by atoms with Crippen molar-refractivity contribution < 1.29 is 14.3 Å². The number of hydrogen-bond donors (Lipinski definition) is 1. The summed E-state index contributed by atoms with van der Waals surface area (Å²) in [6.45, 7) is 2.37. The first-order valence-electron chi connectivity index (χ1n) is 8.67. The first-order chi connectivity index (χ1) is 12.7. The molecule has 4 rings (SSSR count). The Kier molecular flexibility index (Phi) is 5.72. The first kappa shape index (κ1) is 19.3. The Morgan fingerprint density at radius 1 is 1.41 bits per heavy atom. The number of aromatic nitrogens is 2. The minimum absolute atomic E-state index is 0. The smallest absolute Gasteiger partial charge is 0.253 e. The van der Waals surface area contributed by atoms with Gasteiger partial charge < -0.3 is 24.3 Å². The van der Waals surface area contributed by atoms with Gasteiger partial charge in [0.25, 0.3) is 5.91 Å². The summed E-state index contributed by atoms with van der Waals surface area (Å²) in [6, 6.07) is 5.51. The number of halogens is 1. The van der Waals surface area contributed by atoms with E-state index >= 15 is 0 Å². The Bertz CT molecular complexity index is 864. The maximum absolute atomic E-state index is 13.2. The monoisotopic (exact) mass is 390 g/mol. The molecule has 1 aromatic carbocycles. The molecule has 0 radical (unpaired) electrons. The Morgan fingerprint density at radius 2 is 2.26 bits per heavy atom. The van der Waals surface area contributed by atoms with E-state index in [9.17, 15) is 4.79 Å². The zero-order valence-corrected chi connectivity index (χ0v) is 16.2. The number of piperazine rings is 1. The largest absolute Gasteiger partial charge is 0.497 e. The number of rotatable bonds is 3. The summed E-state index contributed by atoms with van der Waals surface area (Å²) < 4.78 is 13.0. The molecule has 144 valence electrons. The molecular formula is C19H23ClN4O3. The molecule has 1 aromatic heterocycles. The Morgan fingerprint density at radius 3 is 3.00 bits per heavy atom. The lowest BCUT2D eigenvalue weighted by Crippen LogP contribution is -2.50. The molecular weight excluding hydrogens is 368 g/mol. The van der Waals surface area contributed by atoms with Crippen molar-refractivity contribution in [3.8, 4) is 11.5 Å². The third-order valence-electron chi connectivity index (χ3n) is 4.87. The van der Waals surface area contributed by atoms with Crippen LogP contribution in [0.4, 0.5) is 0 Å². The van der Waals surface area contributed by atoms with Gasteiger partial charge in [-0.15, -0.1) is 12.4 Å². The number of imidazole rings is 1. The van der Waals surface area contributed by atoms with Crippen molar-refractivity contribution in [1.29, 1.82) is 0 Å². The molecule has 0 spiro atoms. The van der Waals surface area contributed by atoms with Crippen LogP contribution in [0, 0.1) is 0 Å². The molecule has 7 nitrogen and oxygen atoms in total. The molecule has 1 saturated heterocycles. The highest BCUT2D eigenvalue weighted by molar-refractivity contribution is 5.99. The number of ether oxygens (including phenoxy) is 2. The molecule has 2 aromatic rings. The van der Waals surface area contributed by atoms with E-state index in [0.717, 1.165) is 29.4 Å². The summed E-state index contributed by atoms with van der Waals surface area (Å²) in [5.74, 6) is 2.38. The molecule has 0 aliphatic carbocycles. The minimum atomic E-state index is -0.0937. The number of benzene rings is 1. The van der Waals surface area contributed by atoms with Gasteiger partial charge >= 0.3 is 0 Å². The van der Waals surface area contributed by atoms with Gasteiger partial charge in [-0.3, -0.25) is 4.79 Å². The van der Waals surface area contributed by atoms with Crippen LogP contribution < -0.4 is 14.8 Å². The highest BCUT2D eigenvalue weighted by atomic mass is 35.5. The van der Waals surface area contributed by atoms with Crippen LogP contribution >= 0.6 is 12.4 Å². The van der Waals surface area contributed by atoms with Crippen molar-refractivity contribution in [2.75, 3.05) is 33.4 Å². The normalized spacial score (nSPS) is 18.7. The standard InChI is InChI=1S/C19H22N4O3.ClH/c1-22-7-6-21-18(22)16-11-20-5-8-23(16)19(24)14-9-13-10-15(25-2)3-4-17(13)26-12-14;/h3-4,6-7,9-10,16,20H,5,8,11-12H2,1-2H3;1H. The number of methoxy groups -OCH3 is 1. The predicted molar refractivity (Wildman–Crippen MR) is 104 cm³/mol. The van der Waals surface area contributed by atoms with E-state index in [1.807, 2.05) is 47.0 Å². The fraction of sp³-hybridized carbons (Fsp3) is 0.368. The summed E-state index contributed by atoms with van der Waals surface area (Å²) in [5, 5.41) is 3.35. The van der Waals surface area contributed by atoms with Crippen LogP contribution in [0.3, 0.4) is 0 Å². The van der Waals surface area contributed by atoms with E-state index in [4.69, 9.17) is 9.47 Å². The second-order valence-corrected chi connectivity index (χ2v) is 6.48. The van der Waals surface area contributed by atoms with Gasteiger partial charge in [0.2, 0.25) is 0 Å². The van der Waals surface area contributed by atoms with Crippen molar-refractivity contribution in [1.82, 2.24) is 19.8 Å². The number of hydrogen-bond acceptors (Lipinski definition) is 5. The lowest BCUT2D eigenvalue weighted by atomic mass is 10.0. The van der Waals surface area contributed by atoms with E-state index in [2.05, 4.69) is 10.3 Å². The molecule has 27 heavy (non-hydrogen) atoms. The van der Waals surface area contributed by atoms with E-state index in [0.29, 0.717) is 18.7 Å². The Hall–Kier alpha value is -2.51. The topological polar surface area (TPSA) is 68.6 Å². The number of nitrogens with zero attached hydrogens (tertiary/aromatic N) is 3. The van der Waals surface area contributed by atoms with Crippen LogP contribution in [0.1, 0.15) is 17.4 Å². The maximum atomic E-state index is 13.2. The zero-order valence-electron chi connectivity index (χ0n) is 15.3. The third kappa shape index (κ3) is 3.65. The number of nitrogens with one attached hydrogen (secondary N) is 1. The van der Waals surface area contributed by atoms with Crippen LogP contribution in [-0.4, -0.2) is 53.7 Å². The van der Waals surface area contributed by atoms with Crippen molar-refractivity contribution in [3.05, 3.63) is 47.6 Å². The molecule has 3 heterocycles. The lowest BCUT2D eigenvalue weighted by Gasteiger charge is -2.36. The minimum Gasteiger partial charge on any atom is -0.497 e. The summed E-state index contributed by atoms with van der Waals surface area (Å²) in [4.78, 5) is 19.5. The number of aryl methyl sites for hydroxylation is 1. The molecule has 0 saturated carbocycles. The second kappa shape index (κ2) is 8.02. The van der Waals surface area contributed by atoms with Gasteiger partial charge in [0, 0.05) is 44.6 Å². The second-order valence-electron chi connectivity index (χ2n) is 6.48. The first-order valence-corrected chi connectivity index (χ1v) is 8.67.